The van der Waals surface area contributed by atoms with Gasteiger partial charge in [-0.15, -0.1) is 0 Å². The van der Waals surface area contributed by atoms with Crippen LogP contribution in [0.15, 0.2) is 4.99 Å². The molecule has 0 aromatic heterocycles. The van der Waals surface area contributed by atoms with Gasteiger partial charge in [0.25, 0.3) is 0 Å². The van der Waals surface area contributed by atoms with Crippen LogP contribution in [0, 0.1) is 0 Å². The third-order valence-electron chi connectivity index (χ3n) is 5.90. The van der Waals surface area contributed by atoms with Crippen molar-refractivity contribution < 1.29 is 5.11 Å². The average molecular weight is 381 g/mol. The van der Waals surface area contributed by atoms with Gasteiger partial charge in [0, 0.05) is 19.5 Å². The largest absolute Gasteiger partial charge is 0.395 e. The maximum absolute atomic E-state index is 9.07. The Morgan fingerprint density at radius 3 is 1.59 bits per heavy atom. The molecule has 0 saturated heterocycles. The number of hydrogen-bond acceptors (Lipinski definition) is 3. The van der Waals surface area contributed by atoms with Gasteiger partial charge >= 0.3 is 0 Å². The normalized spacial score (nSPS) is 14.1. The van der Waals surface area contributed by atoms with Crippen LogP contribution in [0.2, 0.25) is 0 Å². The van der Waals surface area contributed by atoms with Crippen LogP contribution in [0.5, 0.6) is 0 Å². The van der Waals surface area contributed by atoms with Gasteiger partial charge in [0.1, 0.15) is 0 Å². The van der Waals surface area contributed by atoms with Gasteiger partial charge in [-0.05, 0) is 6.42 Å². The first-order valence-corrected chi connectivity index (χ1v) is 12.3. The standard InChI is InChI=1S/C24H48N2O/c1-2-3-4-5-6-7-8-9-10-11-12-13-14-15-16-17-18-19-24-25-20-21-26(24)22-23-27/h27H,2-23H2,1H3. The van der Waals surface area contributed by atoms with E-state index in [4.69, 9.17) is 5.11 Å². The molecule has 1 N–H and O–H groups in total. The minimum Gasteiger partial charge on any atom is -0.395 e. The molecule has 0 bridgehead atoms. The lowest BCUT2D eigenvalue weighted by atomic mass is 10.0. The Morgan fingerprint density at radius 2 is 1.15 bits per heavy atom. The van der Waals surface area contributed by atoms with Crippen molar-refractivity contribution in [3.63, 3.8) is 0 Å². The molecule has 0 fully saturated rings. The van der Waals surface area contributed by atoms with Gasteiger partial charge < -0.3 is 10.0 Å². The maximum atomic E-state index is 9.07. The first-order chi connectivity index (χ1) is 13.4. The van der Waals surface area contributed by atoms with Crippen LogP contribution in [-0.2, 0) is 0 Å². The zero-order valence-electron chi connectivity index (χ0n) is 18.4. The number of rotatable bonds is 20. The van der Waals surface area contributed by atoms with Crippen molar-refractivity contribution in [2.24, 2.45) is 4.99 Å². The van der Waals surface area contributed by atoms with E-state index < -0.39 is 0 Å². The van der Waals surface area contributed by atoms with Gasteiger partial charge in [-0.25, -0.2) is 0 Å². The zero-order valence-corrected chi connectivity index (χ0v) is 18.4. The molecule has 1 aliphatic heterocycles. The van der Waals surface area contributed by atoms with Crippen LogP contribution < -0.4 is 0 Å². The van der Waals surface area contributed by atoms with Gasteiger partial charge in [-0.1, -0.05) is 110 Å². The van der Waals surface area contributed by atoms with Crippen LogP contribution >= 0.6 is 0 Å². The molecular formula is C24H48N2O. The molecule has 3 heteroatoms. The fourth-order valence-electron chi connectivity index (χ4n) is 4.14. The van der Waals surface area contributed by atoms with E-state index in [1.807, 2.05) is 0 Å². The summed E-state index contributed by atoms with van der Waals surface area (Å²) in [5, 5.41) is 9.07. The topological polar surface area (TPSA) is 35.8 Å². The summed E-state index contributed by atoms with van der Waals surface area (Å²) >= 11 is 0. The summed E-state index contributed by atoms with van der Waals surface area (Å²) < 4.78 is 0. The Morgan fingerprint density at radius 1 is 0.704 bits per heavy atom. The number of aliphatic imine (C=N–C) groups is 1. The molecule has 0 spiro atoms. The lowest BCUT2D eigenvalue weighted by Gasteiger charge is -2.18. The van der Waals surface area contributed by atoms with Gasteiger partial charge in [-0.3, -0.25) is 4.99 Å². The van der Waals surface area contributed by atoms with Crippen LogP contribution in [0.4, 0.5) is 0 Å². The smallest absolute Gasteiger partial charge is 0.0991 e. The Labute approximate surface area is 170 Å². The highest BCUT2D eigenvalue weighted by atomic mass is 16.3. The fourth-order valence-corrected chi connectivity index (χ4v) is 4.14. The number of hydrogen-bond donors (Lipinski definition) is 1. The second-order valence-electron chi connectivity index (χ2n) is 8.42. The highest BCUT2D eigenvalue weighted by Crippen LogP contribution is 2.15. The van der Waals surface area contributed by atoms with Crippen molar-refractivity contribution in [3.05, 3.63) is 0 Å². The van der Waals surface area contributed by atoms with E-state index in [-0.39, 0.29) is 6.61 Å². The van der Waals surface area contributed by atoms with Crippen LogP contribution in [0.1, 0.15) is 122 Å². The molecule has 160 valence electrons. The fraction of sp³-hybridized carbons (Fsp3) is 0.958. The molecule has 0 aromatic rings. The molecule has 1 rings (SSSR count). The predicted molar refractivity (Wildman–Crippen MR) is 120 cm³/mol. The minimum absolute atomic E-state index is 0.248. The maximum Gasteiger partial charge on any atom is 0.0991 e. The minimum atomic E-state index is 0.248. The molecule has 0 unspecified atom stereocenters. The molecule has 0 aromatic carbocycles. The van der Waals surface area contributed by atoms with Crippen molar-refractivity contribution in [2.75, 3.05) is 26.2 Å². The second-order valence-corrected chi connectivity index (χ2v) is 8.42. The first kappa shape index (κ1) is 24.5. The molecule has 0 amide bonds. The van der Waals surface area contributed by atoms with Crippen molar-refractivity contribution >= 4 is 5.84 Å². The molecule has 0 aliphatic carbocycles. The van der Waals surface area contributed by atoms with Crippen molar-refractivity contribution in [3.8, 4) is 0 Å². The highest BCUT2D eigenvalue weighted by molar-refractivity contribution is 5.83. The van der Waals surface area contributed by atoms with E-state index >= 15 is 0 Å². The SMILES string of the molecule is CCCCCCCCCCCCCCCCCCCC1=NCCN1CCO. The van der Waals surface area contributed by atoms with E-state index in [0.717, 1.165) is 26.1 Å². The Balaban J connectivity index is 1.73. The summed E-state index contributed by atoms with van der Waals surface area (Å²) in [6, 6.07) is 0. The molecule has 0 atom stereocenters. The van der Waals surface area contributed by atoms with Gasteiger partial charge in [0.15, 0.2) is 0 Å². The molecule has 3 nitrogen and oxygen atoms in total. The van der Waals surface area contributed by atoms with Gasteiger partial charge in [0.2, 0.25) is 0 Å². The number of aliphatic hydroxyl groups is 1. The lowest BCUT2D eigenvalue weighted by Crippen LogP contribution is -2.30. The van der Waals surface area contributed by atoms with Crippen molar-refractivity contribution in [1.82, 2.24) is 4.90 Å². The summed E-state index contributed by atoms with van der Waals surface area (Å²) in [6.45, 7) is 5.24. The van der Waals surface area contributed by atoms with E-state index in [9.17, 15) is 0 Å². The number of amidine groups is 1. The van der Waals surface area contributed by atoms with E-state index in [1.54, 1.807) is 0 Å². The Bertz CT molecular complexity index is 343. The molecule has 1 aliphatic rings. The molecule has 0 saturated carbocycles. The van der Waals surface area contributed by atoms with E-state index in [2.05, 4.69) is 16.8 Å². The quantitative estimate of drug-likeness (QED) is 0.238. The zero-order chi connectivity index (χ0) is 19.4. The van der Waals surface area contributed by atoms with Gasteiger partial charge in [0.05, 0.1) is 19.0 Å². The number of aliphatic hydroxyl groups excluding tert-OH is 1. The molecule has 27 heavy (non-hydrogen) atoms. The number of β-amino-alcohol motifs (C(OH)–C–C–N with tert-alkyl or cyclic N) is 1. The highest BCUT2D eigenvalue weighted by Gasteiger charge is 2.14. The molecular weight excluding hydrogens is 332 g/mol. The van der Waals surface area contributed by atoms with Crippen LogP contribution in [0.3, 0.4) is 0 Å². The average Bonchev–Trinajstić information content (AvgIpc) is 3.11. The van der Waals surface area contributed by atoms with E-state index in [1.165, 1.54) is 115 Å². The van der Waals surface area contributed by atoms with Crippen LogP contribution in [0.25, 0.3) is 0 Å². The molecule has 0 radical (unpaired) electrons. The lowest BCUT2D eigenvalue weighted by molar-refractivity contribution is 0.255. The van der Waals surface area contributed by atoms with Crippen molar-refractivity contribution in [1.29, 1.82) is 0 Å². The summed E-state index contributed by atoms with van der Waals surface area (Å²) in [7, 11) is 0. The third kappa shape index (κ3) is 14.1. The van der Waals surface area contributed by atoms with Crippen molar-refractivity contribution in [2.45, 2.75) is 122 Å². The van der Waals surface area contributed by atoms with Crippen LogP contribution in [-0.4, -0.2) is 42.1 Å². The van der Waals surface area contributed by atoms with Gasteiger partial charge in [-0.2, -0.15) is 0 Å². The summed E-state index contributed by atoms with van der Waals surface area (Å²) in [6.07, 6.45) is 25.3. The summed E-state index contributed by atoms with van der Waals surface area (Å²) in [4.78, 5) is 6.83. The number of nitrogens with zero attached hydrogens (tertiary/aromatic N) is 2. The van der Waals surface area contributed by atoms with E-state index in [0.29, 0.717) is 0 Å². The predicted octanol–water partition coefficient (Wildman–Crippen LogP) is 6.73. The Kier molecular flexibility index (Phi) is 17.0. The second kappa shape index (κ2) is 18.8. The Hall–Kier alpha value is -0.570. The number of unbranched alkanes of at least 4 members (excludes halogenated alkanes) is 16. The summed E-state index contributed by atoms with van der Waals surface area (Å²) in [5.74, 6) is 1.24. The summed E-state index contributed by atoms with van der Waals surface area (Å²) in [5.41, 5.74) is 0. The first-order valence-electron chi connectivity index (χ1n) is 12.3. The molecule has 1 heterocycles. The monoisotopic (exact) mass is 380 g/mol. The third-order valence-corrected chi connectivity index (χ3v) is 5.90.